The molecule has 224 valence electrons. The van der Waals surface area contributed by atoms with Crippen molar-refractivity contribution >= 4 is 5.91 Å². The van der Waals surface area contributed by atoms with Crippen molar-refractivity contribution in [3.8, 4) is 0 Å². The average Bonchev–Trinajstić information content (AvgIpc) is 3.40. The van der Waals surface area contributed by atoms with Crippen LogP contribution >= 0.6 is 0 Å². The number of carbonyl (C=O) groups is 1. The number of carbonyl (C=O) groups excluding carboxylic acids is 1. The van der Waals surface area contributed by atoms with Crippen LogP contribution in [0.1, 0.15) is 84.6 Å². The average molecular weight is 562 g/mol. The van der Waals surface area contributed by atoms with Gasteiger partial charge in [-0.05, 0) is 98.2 Å². The van der Waals surface area contributed by atoms with Crippen LogP contribution in [0.5, 0.6) is 0 Å². The van der Waals surface area contributed by atoms with Gasteiger partial charge < -0.3 is 20.2 Å². The molecule has 2 unspecified atom stereocenters. The molecule has 1 amide bonds. The minimum atomic E-state index is -1.28. The highest BCUT2D eigenvalue weighted by Gasteiger charge is 2.53. The van der Waals surface area contributed by atoms with Gasteiger partial charge in [-0.2, -0.15) is 0 Å². The monoisotopic (exact) mass is 561 g/mol. The molecule has 3 saturated carbocycles. The van der Waals surface area contributed by atoms with Gasteiger partial charge in [0.15, 0.2) is 0 Å². The number of hydrogen-bond acceptors (Lipinski definition) is 4. The van der Waals surface area contributed by atoms with Gasteiger partial charge in [-0.1, -0.05) is 75.4 Å². The summed E-state index contributed by atoms with van der Waals surface area (Å²) in [6.07, 6.45) is 11.9. The Hall–Kier alpha value is -2.21. The third-order valence-electron chi connectivity index (χ3n) is 11.5. The van der Waals surface area contributed by atoms with Crippen molar-refractivity contribution in [3.05, 3.63) is 71.3 Å². The number of aliphatic hydroxyl groups excluding tert-OH is 2. The fourth-order valence-corrected chi connectivity index (χ4v) is 8.97. The smallest absolute Gasteiger partial charge is 0.254 e. The lowest BCUT2D eigenvalue weighted by molar-refractivity contribution is -0.142. The van der Waals surface area contributed by atoms with E-state index in [1.807, 2.05) is 30.0 Å². The Morgan fingerprint density at radius 3 is 2.61 bits per heavy atom. The second-order valence-electron chi connectivity index (χ2n) is 14.2. The zero-order chi connectivity index (χ0) is 29.5. The van der Waals surface area contributed by atoms with Crippen molar-refractivity contribution in [2.24, 2.45) is 29.1 Å². The summed E-state index contributed by atoms with van der Waals surface area (Å²) in [7, 11) is 0. The fraction of sp³-hybridized carbons (Fsp3) is 0.639. The second kappa shape index (κ2) is 11.8. The van der Waals surface area contributed by atoms with Crippen molar-refractivity contribution < 1.29 is 20.1 Å². The summed E-state index contributed by atoms with van der Waals surface area (Å²) in [6.45, 7) is 13.2. The first-order chi connectivity index (χ1) is 19.4. The molecule has 9 atom stereocenters. The van der Waals surface area contributed by atoms with Gasteiger partial charge in [0, 0.05) is 24.9 Å². The lowest BCUT2D eigenvalue weighted by Crippen LogP contribution is -2.41. The molecule has 3 aliphatic carbocycles. The van der Waals surface area contributed by atoms with E-state index in [-0.39, 0.29) is 23.3 Å². The van der Waals surface area contributed by atoms with Crippen LogP contribution in [-0.4, -0.2) is 56.5 Å². The Bertz CT molecular complexity index is 1190. The van der Waals surface area contributed by atoms with Gasteiger partial charge in [-0.25, -0.2) is 0 Å². The van der Waals surface area contributed by atoms with E-state index in [0.717, 1.165) is 30.4 Å². The van der Waals surface area contributed by atoms with Gasteiger partial charge >= 0.3 is 0 Å². The summed E-state index contributed by atoms with van der Waals surface area (Å²) in [4.78, 5) is 15.2. The number of hydrogen-bond donors (Lipinski definition) is 3. The van der Waals surface area contributed by atoms with Crippen LogP contribution in [0.2, 0.25) is 0 Å². The van der Waals surface area contributed by atoms with Crippen LogP contribution in [-0.2, 0) is 11.2 Å². The minimum absolute atomic E-state index is 0.0692. The summed E-state index contributed by atoms with van der Waals surface area (Å²) in [6, 6.07) is 10.4. The van der Waals surface area contributed by atoms with Crippen molar-refractivity contribution in [1.82, 2.24) is 4.90 Å². The number of benzene rings is 1. The minimum Gasteiger partial charge on any atom is -0.392 e. The predicted molar refractivity (Wildman–Crippen MR) is 164 cm³/mol. The lowest BCUT2D eigenvalue weighted by atomic mass is 9.60. The van der Waals surface area contributed by atoms with E-state index in [1.165, 1.54) is 36.8 Å². The molecule has 5 nitrogen and oxygen atoms in total. The molecular formula is C36H51NO4. The number of aliphatic hydroxyl groups is 3. The van der Waals surface area contributed by atoms with E-state index < -0.39 is 17.8 Å². The largest absolute Gasteiger partial charge is 0.392 e. The second-order valence-corrected chi connectivity index (χ2v) is 14.2. The molecule has 1 aliphatic heterocycles. The molecular weight excluding hydrogens is 510 g/mol. The topological polar surface area (TPSA) is 81.0 Å². The maximum absolute atomic E-state index is 13.2. The third kappa shape index (κ3) is 5.87. The Morgan fingerprint density at radius 2 is 1.88 bits per heavy atom. The zero-order valence-corrected chi connectivity index (χ0v) is 25.6. The summed E-state index contributed by atoms with van der Waals surface area (Å²) >= 11 is 0. The fourth-order valence-electron chi connectivity index (χ4n) is 8.97. The number of rotatable bonds is 7. The van der Waals surface area contributed by atoms with Crippen LogP contribution in [0.3, 0.4) is 0 Å². The quantitative estimate of drug-likeness (QED) is 0.382. The number of nitrogens with zero attached hydrogens (tertiary/aromatic N) is 1. The SMILES string of the molecule is C=C1C(=CC=C2CCC[C@]3(C)[C@@H]([C@H](C)CC4CC(C)(O)C(=O)N4CCc4ccccc4)CC[C@@H]23)C[C@@H](O)[C@H](C)[C@@H]1O. The summed E-state index contributed by atoms with van der Waals surface area (Å²) < 4.78 is 0. The molecule has 0 spiro atoms. The van der Waals surface area contributed by atoms with Crippen LogP contribution in [0.15, 0.2) is 65.8 Å². The summed E-state index contributed by atoms with van der Waals surface area (Å²) in [5.41, 5.74) is 3.38. The van der Waals surface area contributed by atoms with Gasteiger partial charge in [-0.3, -0.25) is 4.79 Å². The van der Waals surface area contributed by atoms with Gasteiger partial charge in [0.1, 0.15) is 5.60 Å². The standard InChI is InChI=1S/C36H51NO4/c1-23(20-29-22-36(5,41)34(40)37(29)19-17-26-10-7-6-8-11-26)30-15-16-31-27(12-9-18-35(30,31)4)13-14-28-21-32(38)25(3)33(39)24(28)2/h6-8,10-11,13-14,23,25,29-33,38-39,41H,2,9,12,15-22H2,1,3-5H3/t23-,25+,29?,30-,31+,32-,33-,35-,36?/m1/s1. The van der Waals surface area contributed by atoms with E-state index in [0.29, 0.717) is 37.1 Å². The lowest BCUT2D eigenvalue weighted by Gasteiger charge is -2.45. The van der Waals surface area contributed by atoms with E-state index in [9.17, 15) is 20.1 Å². The highest BCUT2D eigenvalue weighted by molar-refractivity contribution is 5.87. The van der Waals surface area contributed by atoms with Crippen molar-refractivity contribution in [3.63, 3.8) is 0 Å². The molecule has 1 aromatic carbocycles. The van der Waals surface area contributed by atoms with Crippen molar-refractivity contribution in [2.75, 3.05) is 6.54 Å². The van der Waals surface area contributed by atoms with Crippen LogP contribution in [0.4, 0.5) is 0 Å². The molecule has 41 heavy (non-hydrogen) atoms. The maximum atomic E-state index is 13.2. The first-order valence-corrected chi connectivity index (χ1v) is 15.9. The number of fused-ring (bicyclic) bond motifs is 1. The van der Waals surface area contributed by atoms with Crippen LogP contribution in [0, 0.1) is 29.1 Å². The molecule has 0 bridgehead atoms. The zero-order valence-electron chi connectivity index (χ0n) is 25.6. The Labute approximate surface area is 247 Å². The highest BCUT2D eigenvalue weighted by Crippen LogP contribution is 2.60. The van der Waals surface area contributed by atoms with Gasteiger partial charge in [0.2, 0.25) is 0 Å². The Kier molecular flexibility index (Phi) is 8.72. The highest BCUT2D eigenvalue weighted by atomic mass is 16.3. The first-order valence-electron chi connectivity index (χ1n) is 15.9. The van der Waals surface area contributed by atoms with E-state index >= 15 is 0 Å². The molecule has 0 aromatic heterocycles. The molecule has 1 heterocycles. The van der Waals surface area contributed by atoms with Gasteiger partial charge in [-0.15, -0.1) is 0 Å². The molecule has 5 rings (SSSR count). The number of likely N-dealkylation sites (tertiary alicyclic amines) is 1. The van der Waals surface area contributed by atoms with E-state index in [1.54, 1.807) is 6.92 Å². The molecule has 4 aliphatic rings. The van der Waals surface area contributed by atoms with Crippen molar-refractivity contribution in [1.29, 1.82) is 0 Å². The summed E-state index contributed by atoms with van der Waals surface area (Å²) in [5, 5.41) is 31.9. The Morgan fingerprint density at radius 1 is 1.15 bits per heavy atom. The normalized spacial score (nSPS) is 40.4. The van der Waals surface area contributed by atoms with Gasteiger partial charge in [0.05, 0.1) is 12.2 Å². The van der Waals surface area contributed by atoms with Crippen LogP contribution < -0.4 is 0 Å². The number of amides is 1. The molecule has 4 fully saturated rings. The molecule has 1 saturated heterocycles. The van der Waals surface area contributed by atoms with Gasteiger partial charge in [0.25, 0.3) is 5.91 Å². The van der Waals surface area contributed by atoms with Crippen LogP contribution in [0.25, 0.3) is 0 Å². The van der Waals surface area contributed by atoms with E-state index in [2.05, 4.69) is 44.7 Å². The van der Waals surface area contributed by atoms with Crippen molar-refractivity contribution in [2.45, 2.75) is 109 Å². The van der Waals surface area contributed by atoms with E-state index in [4.69, 9.17) is 0 Å². The molecule has 3 N–H and O–H groups in total. The molecule has 0 radical (unpaired) electrons. The molecule has 1 aromatic rings. The number of allylic oxidation sites excluding steroid dienone is 3. The maximum Gasteiger partial charge on any atom is 0.254 e. The first kappa shape index (κ1) is 30.3. The molecule has 5 heteroatoms. The Balaban J connectivity index is 1.29. The summed E-state index contributed by atoms with van der Waals surface area (Å²) in [5.74, 6) is 1.27. The predicted octanol–water partition coefficient (Wildman–Crippen LogP) is 5.99. The third-order valence-corrected chi connectivity index (χ3v) is 11.5.